The molecule has 1 aliphatic heterocycles. The number of hydrogen-bond acceptors (Lipinski definition) is 7. The maximum absolute atomic E-state index is 12.2. The summed E-state index contributed by atoms with van der Waals surface area (Å²) in [5, 5.41) is 9.30. The highest BCUT2D eigenvalue weighted by Crippen LogP contribution is 2.21. The van der Waals surface area contributed by atoms with Gasteiger partial charge in [-0.2, -0.15) is 0 Å². The molecular weight excluding hydrogens is 390 g/mol. The lowest BCUT2D eigenvalue weighted by atomic mass is 10.1. The number of hydrogen-bond donors (Lipinski definition) is 2. The summed E-state index contributed by atoms with van der Waals surface area (Å²) in [6.45, 7) is 6.27. The van der Waals surface area contributed by atoms with Gasteiger partial charge in [-0.25, -0.2) is 0 Å². The fraction of sp³-hybridized carbons (Fsp3) is 0.450. The summed E-state index contributed by atoms with van der Waals surface area (Å²) in [5.41, 5.74) is 2.28. The molecule has 2 heterocycles. The standard InChI is InChI=1S/C20H27N5O3S/c1-15-11-18(23-28-15)22-20(27)14-29-13-19(26)21-12-16-5-3-4-6-17(16)25-9-7-24(2)8-10-25/h3-6,11H,7-10,12-14H2,1-2H3,(H,21,26)(H,22,23,27). The maximum atomic E-state index is 12.2. The van der Waals surface area contributed by atoms with Crippen molar-refractivity contribution in [1.82, 2.24) is 15.4 Å². The second-order valence-electron chi connectivity index (χ2n) is 7.06. The molecule has 0 spiro atoms. The highest BCUT2D eigenvalue weighted by atomic mass is 32.2. The summed E-state index contributed by atoms with van der Waals surface area (Å²) in [6, 6.07) is 9.83. The number of aryl methyl sites for hydroxylation is 1. The zero-order valence-electron chi connectivity index (χ0n) is 16.8. The number of thioether (sulfide) groups is 1. The quantitative estimate of drug-likeness (QED) is 0.676. The molecule has 2 amide bonds. The van der Waals surface area contributed by atoms with E-state index >= 15 is 0 Å². The Morgan fingerprint density at radius 2 is 1.86 bits per heavy atom. The van der Waals surface area contributed by atoms with Crippen LogP contribution >= 0.6 is 11.8 Å². The molecule has 0 aliphatic carbocycles. The van der Waals surface area contributed by atoms with Crippen molar-refractivity contribution in [2.45, 2.75) is 13.5 Å². The van der Waals surface area contributed by atoms with Gasteiger partial charge in [0.05, 0.1) is 11.5 Å². The number of anilines is 2. The van der Waals surface area contributed by atoms with Crippen LogP contribution in [-0.2, 0) is 16.1 Å². The molecule has 0 atom stereocenters. The van der Waals surface area contributed by atoms with Crippen molar-refractivity contribution < 1.29 is 14.1 Å². The van der Waals surface area contributed by atoms with Gasteiger partial charge in [-0.05, 0) is 25.6 Å². The van der Waals surface area contributed by atoms with Crippen molar-refractivity contribution in [3.8, 4) is 0 Å². The highest BCUT2D eigenvalue weighted by molar-refractivity contribution is 8.00. The van der Waals surface area contributed by atoms with E-state index in [1.807, 2.05) is 12.1 Å². The number of carbonyl (C=O) groups excluding carboxylic acids is 2. The van der Waals surface area contributed by atoms with Gasteiger partial charge in [0.2, 0.25) is 11.8 Å². The molecule has 1 saturated heterocycles. The molecule has 0 bridgehead atoms. The molecule has 0 saturated carbocycles. The molecule has 1 fully saturated rings. The van der Waals surface area contributed by atoms with Crippen LogP contribution in [0.4, 0.5) is 11.5 Å². The molecule has 29 heavy (non-hydrogen) atoms. The van der Waals surface area contributed by atoms with Crippen LogP contribution < -0.4 is 15.5 Å². The van der Waals surface area contributed by atoms with Crippen LogP contribution in [-0.4, -0.2) is 66.6 Å². The number of nitrogens with one attached hydrogen (secondary N) is 2. The van der Waals surface area contributed by atoms with Crippen LogP contribution in [0.1, 0.15) is 11.3 Å². The van der Waals surface area contributed by atoms with E-state index in [2.05, 4.69) is 44.8 Å². The van der Waals surface area contributed by atoms with Gasteiger partial charge < -0.3 is 25.0 Å². The zero-order valence-corrected chi connectivity index (χ0v) is 17.6. The van der Waals surface area contributed by atoms with Crippen LogP contribution in [0.25, 0.3) is 0 Å². The highest BCUT2D eigenvalue weighted by Gasteiger charge is 2.17. The Labute approximate surface area is 175 Å². The van der Waals surface area contributed by atoms with Gasteiger partial charge in [-0.15, -0.1) is 11.8 Å². The first-order valence-corrected chi connectivity index (χ1v) is 10.8. The van der Waals surface area contributed by atoms with Gasteiger partial charge in [0, 0.05) is 44.5 Å². The van der Waals surface area contributed by atoms with Crippen LogP contribution in [0.5, 0.6) is 0 Å². The van der Waals surface area contributed by atoms with Crippen molar-refractivity contribution in [1.29, 1.82) is 0 Å². The molecule has 1 aromatic heterocycles. The Kier molecular flexibility index (Phi) is 7.54. The lowest BCUT2D eigenvalue weighted by molar-refractivity contribution is -0.118. The molecule has 1 aliphatic rings. The molecule has 2 N–H and O–H groups in total. The van der Waals surface area contributed by atoms with E-state index in [9.17, 15) is 9.59 Å². The Balaban J connectivity index is 1.41. The average Bonchev–Trinajstić information content (AvgIpc) is 3.12. The lowest BCUT2D eigenvalue weighted by Crippen LogP contribution is -2.45. The summed E-state index contributed by atoms with van der Waals surface area (Å²) in [5.74, 6) is 1.12. The normalized spacial score (nSPS) is 14.6. The van der Waals surface area contributed by atoms with Gasteiger partial charge in [-0.3, -0.25) is 9.59 Å². The minimum absolute atomic E-state index is 0.0896. The van der Waals surface area contributed by atoms with E-state index in [0.29, 0.717) is 18.1 Å². The topological polar surface area (TPSA) is 90.7 Å². The monoisotopic (exact) mass is 417 g/mol. The smallest absolute Gasteiger partial charge is 0.235 e. The summed E-state index contributed by atoms with van der Waals surface area (Å²) in [7, 11) is 2.13. The Hall–Kier alpha value is -2.52. The number of nitrogens with zero attached hydrogens (tertiary/aromatic N) is 3. The minimum Gasteiger partial charge on any atom is -0.369 e. The molecular formula is C20H27N5O3S. The lowest BCUT2D eigenvalue weighted by Gasteiger charge is -2.35. The molecule has 2 aromatic rings. The van der Waals surface area contributed by atoms with Crippen LogP contribution in [0, 0.1) is 6.92 Å². The number of benzene rings is 1. The van der Waals surface area contributed by atoms with Crippen molar-refractivity contribution in [2.75, 3.05) is 54.9 Å². The Morgan fingerprint density at radius 1 is 1.14 bits per heavy atom. The third-order valence-corrected chi connectivity index (χ3v) is 5.61. The van der Waals surface area contributed by atoms with Gasteiger partial charge in [0.25, 0.3) is 0 Å². The van der Waals surface area contributed by atoms with Crippen molar-refractivity contribution in [2.24, 2.45) is 0 Å². The van der Waals surface area contributed by atoms with E-state index < -0.39 is 0 Å². The number of amides is 2. The summed E-state index contributed by atoms with van der Waals surface area (Å²) >= 11 is 1.26. The van der Waals surface area contributed by atoms with Crippen LogP contribution in [0.2, 0.25) is 0 Å². The molecule has 0 radical (unpaired) electrons. The summed E-state index contributed by atoms with van der Waals surface area (Å²) in [6.07, 6.45) is 0. The van der Waals surface area contributed by atoms with Crippen LogP contribution in [0.3, 0.4) is 0 Å². The predicted octanol–water partition coefficient (Wildman–Crippen LogP) is 1.72. The number of carbonyl (C=O) groups is 2. The van der Waals surface area contributed by atoms with Crippen LogP contribution in [0.15, 0.2) is 34.9 Å². The number of para-hydroxylation sites is 1. The van der Waals surface area contributed by atoms with E-state index in [-0.39, 0.29) is 23.3 Å². The van der Waals surface area contributed by atoms with Gasteiger partial charge in [0.1, 0.15) is 5.76 Å². The number of likely N-dealkylation sites (N-methyl/N-ethyl adjacent to an activating group) is 1. The van der Waals surface area contributed by atoms with E-state index in [1.165, 1.54) is 17.4 Å². The third-order valence-electron chi connectivity index (χ3n) is 4.67. The first-order valence-electron chi connectivity index (χ1n) is 9.60. The van der Waals surface area contributed by atoms with Gasteiger partial charge >= 0.3 is 0 Å². The summed E-state index contributed by atoms with van der Waals surface area (Å²) < 4.78 is 4.90. The third kappa shape index (κ3) is 6.50. The Bertz CT molecular complexity index is 833. The molecule has 156 valence electrons. The number of piperazine rings is 1. The molecule has 0 unspecified atom stereocenters. The summed E-state index contributed by atoms with van der Waals surface area (Å²) in [4.78, 5) is 28.7. The number of rotatable bonds is 8. The average molecular weight is 418 g/mol. The van der Waals surface area contributed by atoms with E-state index in [0.717, 1.165) is 31.7 Å². The van der Waals surface area contributed by atoms with E-state index in [4.69, 9.17) is 4.52 Å². The Morgan fingerprint density at radius 3 is 2.59 bits per heavy atom. The van der Waals surface area contributed by atoms with Crippen molar-refractivity contribution in [3.63, 3.8) is 0 Å². The SMILES string of the molecule is Cc1cc(NC(=O)CSCC(=O)NCc2ccccc2N2CCN(C)CC2)no1. The molecule has 3 rings (SSSR count). The fourth-order valence-corrected chi connectivity index (χ4v) is 3.75. The predicted molar refractivity (Wildman–Crippen MR) is 115 cm³/mol. The minimum atomic E-state index is -0.212. The van der Waals surface area contributed by atoms with Gasteiger partial charge in [-0.1, -0.05) is 23.4 Å². The van der Waals surface area contributed by atoms with E-state index in [1.54, 1.807) is 13.0 Å². The molecule has 8 nitrogen and oxygen atoms in total. The van der Waals surface area contributed by atoms with Crippen molar-refractivity contribution >= 4 is 35.1 Å². The van der Waals surface area contributed by atoms with Gasteiger partial charge in [0.15, 0.2) is 5.82 Å². The molecule has 1 aromatic carbocycles. The zero-order chi connectivity index (χ0) is 20.6. The molecule has 9 heteroatoms. The largest absolute Gasteiger partial charge is 0.369 e. The fourth-order valence-electron chi connectivity index (χ4n) is 3.10. The first kappa shape index (κ1) is 21.2. The first-order chi connectivity index (χ1) is 14.0. The second kappa shape index (κ2) is 10.3. The second-order valence-corrected chi connectivity index (χ2v) is 8.05. The van der Waals surface area contributed by atoms with Crippen molar-refractivity contribution in [3.05, 3.63) is 41.7 Å². The maximum Gasteiger partial charge on any atom is 0.235 e. The number of aromatic nitrogens is 1.